The molecular formula is C15H17N3O3S2. The molecule has 23 heavy (non-hydrogen) atoms. The number of anilines is 1. The van der Waals surface area contributed by atoms with Gasteiger partial charge in [-0.05, 0) is 44.3 Å². The van der Waals surface area contributed by atoms with Gasteiger partial charge in [0, 0.05) is 6.07 Å². The molecule has 0 aliphatic heterocycles. The summed E-state index contributed by atoms with van der Waals surface area (Å²) < 4.78 is 31.8. The standard InChI is InChI=1S/C15H17N3O3S2/c1-3-21-14-6-4-5-13(17-14)18(15(16)22)23(19,20)12-9-7-11(2)8-10-12/h4-10H,3H2,1-2H3,(H2,16,22). The smallest absolute Gasteiger partial charge is 0.271 e. The van der Waals surface area contributed by atoms with Gasteiger partial charge in [0.2, 0.25) is 5.88 Å². The van der Waals surface area contributed by atoms with Crippen LogP contribution in [0.1, 0.15) is 12.5 Å². The van der Waals surface area contributed by atoms with Crippen molar-refractivity contribution in [3.63, 3.8) is 0 Å². The van der Waals surface area contributed by atoms with Gasteiger partial charge in [-0.15, -0.1) is 0 Å². The molecule has 2 rings (SSSR count). The topological polar surface area (TPSA) is 85.5 Å². The lowest BCUT2D eigenvalue weighted by molar-refractivity contribution is 0.327. The predicted molar refractivity (Wildman–Crippen MR) is 93.0 cm³/mol. The summed E-state index contributed by atoms with van der Waals surface area (Å²) in [6.45, 7) is 4.09. The maximum absolute atomic E-state index is 12.8. The lowest BCUT2D eigenvalue weighted by atomic mass is 10.2. The molecule has 8 heteroatoms. The number of hydrogen-bond acceptors (Lipinski definition) is 5. The summed E-state index contributed by atoms with van der Waals surface area (Å²) in [6.07, 6.45) is 0. The number of hydrogen-bond donors (Lipinski definition) is 1. The quantitative estimate of drug-likeness (QED) is 0.832. The van der Waals surface area contributed by atoms with E-state index in [0.29, 0.717) is 12.5 Å². The van der Waals surface area contributed by atoms with Gasteiger partial charge in [-0.1, -0.05) is 23.8 Å². The van der Waals surface area contributed by atoms with Crippen LogP contribution in [0.3, 0.4) is 0 Å². The first-order valence-corrected chi connectivity index (χ1v) is 8.72. The van der Waals surface area contributed by atoms with Gasteiger partial charge < -0.3 is 10.5 Å². The molecule has 0 bridgehead atoms. The fourth-order valence-corrected chi connectivity index (χ4v) is 3.58. The molecule has 2 N–H and O–H groups in total. The van der Waals surface area contributed by atoms with Gasteiger partial charge in [-0.25, -0.2) is 8.42 Å². The number of pyridine rings is 1. The number of rotatable bonds is 5. The highest BCUT2D eigenvalue weighted by Crippen LogP contribution is 2.24. The molecule has 0 spiro atoms. The molecule has 1 heterocycles. The molecule has 0 unspecified atom stereocenters. The van der Waals surface area contributed by atoms with Crippen LogP contribution in [-0.2, 0) is 10.0 Å². The van der Waals surface area contributed by atoms with Crippen LogP contribution in [0.2, 0.25) is 0 Å². The summed E-state index contributed by atoms with van der Waals surface area (Å²) in [5.74, 6) is 0.384. The first-order valence-electron chi connectivity index (χ1n) is 6.87. The molecule has 0 saturated carbocycles. The Morgan fingerprint density at radius 1 is 1.26 bits per heavy atom. The predicted octanol–water partition coefficient (Wildman–Crippen LogP) is 2.23. The van der Waals surface area contributed by atoms with E-state index in [1.54, 1.807) is 24.3 Å². The molecule has 0 aliphatic carbocycles. The van der Waals surface area contributed by atoms with Crippen LogP contribution < -0.4 is 14.8 Å². The van der Waals surface area contributed by atoms with Crippen molar-refractivity contribution < 1.29 is 13.2 Å². The van der Waals surface area contributed by atoms with Crippen molar-refractivity contribution in [2.75, 3.05) is 10.9 Å². The molecule has 122 valence electrons. The van der Waals surface area contributed by atoms with Crippen molar-refractivity contribution in [1.29, 1.82) is 0 Å². The Labute approximate surface area is 141 Å². The van der Waals surface area contributed by atoms with Crippen molar-refractivity contribution in [3.05, 3.63) is 48.0 Å². The second-order valence-electron chi connectivity index (χ2n) is 4.69. The van der Waals surface area contributed by atoms with E-state index in [1.165, 1.54) is 18.2 Å². The van der Waals surface area contributed by atoms with E-state index in [9.17, 15) is 8.42 Å². The zero-order valence-corrected chi connectivity index (χ0v) is 14.4. The van der Waals surface area contributed by atoms with Crippen LogP contribution in [0, 0.1) is 6.92 Å². The lowest BCUT2D eigenvalue weighted by Crippen LogP contribution is -2.41. The summed E-state index contributed by atoms with van der Waals surface area (Å²) in [6, 6.07) is 11.2. The van der Waals surface area contributed by atoms with Crippen LogP contribution in [-0.4, -0.2) is 25.1 Å². The molecule has 0 aliphatic rings. The van der Waals surface area contributed by atoms with Crippen LogP contribution >= 0.6 is 12.2 Å². The van der Waals surface area contributed by atoms with Crippen molar-refractivity contribution in [2.24, 2.45) is 5.73 Å². The number of benzene rings is 1. The third kappa shape index (κ3) is 3.77. The SMILES string of the molecule is CCOc1cccc(N(C(N)=S)S(=O)(=O)c2ccc(C)cc2)n1. The van der Waals surface area contributed by atoms with Gasteiger partial charge in [0.1, 0.15) is 0 Å². The normalized spacial score (nSPS) is 11.0. The molecule has 1 aromatic heterocycles. The van der Waals surface area contributed by atoms with E-state index in [2.05, 4.69) is 4.98 Å². The van der Waals surface area contributed by atoms with E-state index in [0.717, 1.165) is 9.87 Å². The molecule has 6 nitrogen and oxygen atoms in total. The van der Waals surface area contributed by atoms with Crippen molar-refractivity contribution >= 4 is 33.2 Å². The first-order chi connectivity index (χ1) is 10.9. The zero-order valence-electron chi connectivity index (χ0n) is 12.8. The first kappa shape index (κ1) is 17.2. The largest absolute Gasteiger partial charge is 0.478 e. The summed E-state index contributed by atoms with van der Waals surface area (Å²) >= 11 is 4.92. The fraction of sp³-hybridized carbons (Fsp3) is 0.200. The van der Waals surface area contributed by atoms with Gasteiger partial charge in [0.25, 0.3) is 10.0 Å². The molecule has 0 saturated heterocycles. The van der Waals surface area contributed by atoms with E-state index in [1.807, 2.05) is 13.8 Å². The molecule has 0 radical (unpaired) electrons. The Morgan fingerprint density at radius 3 is 2.48 bits per heavy atom. The van der Waals surface area contributed by atoms with Gasteiger partial charge in [-0.3, -0.25) is 0 Å². The number of aryl methyl sites for hydroxylation is 1. The monoisotopic (exact) mass is 351 g/mol. The highest BCUT2D eigenvalue weighted by molar-refractivity contribution is 7.95. The molecule has 1 aromatic carbocycles. The average Bonchev–Trinajstić information content (AvgIpc) is 2.48. The second-order valence-corrected chi connectivity index (χ2v) is 6.89. The number of aromatic nitrogens is 1. The summed E-state index contributed by atoms with van der Waals surface area (Å²) in [4.78, 5) is 4.23. The minimum atomic E-state index is -3.95. The minimum absolute atomic E-state index is 0.0829. The van der Waals surface area contributed by atoms with Gasteiger partial charge in [0.15, 0.2) is 10.9 Å². The molecule has 2 aromatic rings. The van der Waals surface area contributed by atoms with Crippen molar-refractivity contribution in [2.45, 2.75) is 18.7 Å². The van der Waals surface area contributed by atoms with Crippen molar-refractivity contribution in [1.82, 2.24) is 4.98 Å². The van der Waals surface area contributed by atoms with Crippen LogP contribution in [0.15, 0.2) is 47.4 Å². The van der Waals surface area contributed by atoms with Gasteiger partial charge in [0.05, 0.1) is 11.5 Å². The van der Waals surface area contributed by atoms with E-state index < -0.39 is 10.0 Å². The Bertz CT molecular complexity index is 805. The number of thiocarbonyl (C=S) groups is 1. The molecule has 0 fully saturated rings. The van der Waals surface area contributed by atoms with E-state index >= 15 is 0 Å². The summed E-state index contributed by atoms with van der Waals surface area (Å²) in [5.41, 5.74) is 6.59. The maximum atomic E-state index is 12.8. The van der Waals surface area contributed by atoms with E-state index in [4.69, 9.17) is 22.7 Å². The minimum Gasteiger partial charge on any atom is -0.478 e. The number of sulfonamides is 1. The third-order valence-corrected chi connectivity index (χ3v) is 5.00. The van der Waals surface area contributed by atoms with Crippen LogP contribution in [0.5, 0.6) is 5.88 Å². The van der Waals surface area contributed by atoms with Gasteiger partial charge >= 0.3 is 0 Å². The number of ether oxygens (including phenoxy) is 1. The highest BCUT2D eigenvalue weighted by Gasteiger charge is 2.28. The lowest BCUT2D eigenvalue weighted by Gasteiger charge is -2.22. The second kappa shape index (κ2) is 6.93. The van der Waals surface area contributed by atoms with Crippen molar-refractivity contribution in [3.8, 4) is 5.88 Å². The number of nitrogens with zero attached hydrogens (tertiary/aromatic N) is 2. The summed E-state index contributed by atoms with van der Waals surface area (Å²) in [5, 5.41) is -0.313. The maximum Gasteiger partial charge on any atom is 0.271 e. The molecule has 0 amide bonds. The van der Waals surface area contributed by atoms with E-state index in [-0.39, 0.29) is 15.8 Å². The third-order valence-electron chi connectivity index (χ3n) is 2.97. The Kier molecular flexibility index (Phi) is 5.17. The summed E-state index contributed by atoms with van der Waals surface area (Å²) in [7, 11) is -3.95. The van der Waals surface area contributed by atoms with Crippen LogP contribution in [0.4, 0.5) is 5.82 Å². The van der Waals surface area contributed by atoms with Crippen LogP contribution in [0.25, 0.3) is 0 Å². The van der Waals surface area contributed by atoms with Gasteiger partial charge in [-0.2, -0.15) is 9.29 Å². The molecular weight excluding hydrogens is 334 g/mol. The number of nitrogens with two attached hydrogens (primary N) is 1. The Balaban J connectivity index is 2.51. The highest BCUT2D eigenvalue weighted by atomic mass is 32.2. The Morgan fingerprint density at radius 2 is 1.91 bits per heavy atom. The Hall–Kier alpha value is -2.19. The zero-order chi connectivity index (χ0) is 17.0. The molecule has 0 atom stereocenters. The average molecular weight is 351 g/mol. The fourth-order valence-electron chi connectivity index (χ4n) is 1.92.